The Morgan fingerprint density at radius 1 is 0.952 bits per heavy atom. The van der Waals surface area contributed by atoms with E-state index in [4.69, 9.17) is 0 Å². The van der Waals surface area contributed by atoms with Gasteiger partial charge in [0.2, 0.25) is 17.8 Å². The third kappa shape index (κ3) is 4.72. The third-order valence-electron chi connectivity index (χ3n) is 4.01. The van der Waals surface area contributed by atoms with E-state index in [2.05, 4.69) is 65.1 Å². The monoisotopic (exact) mass is 294 g/mol. The highest BCUT2D eigenvalue weighted by Crippen LogP contribution is 2.18. The molecule has 21 heavy (non-hydrogen) atoms. The molecule has 6 heteroatoms. The van der Waals surface area contributed by atoms with Gasteiger partial charge < -0.3 is 15.5 Å². The Hall–Kier alpha value is -1.59. The average Bonchev–Trinajstić information content (AvgIpc) is 2.49. The van der Waals surface area contributed by atoms with Gasteiger partial charge in [-0.15, -0.1) is 0 Å². The lowest BCUT2D eigenvalue weighted by atomic mass is 9.96. The molecule has 0 fully saturated rings. The fourth-order valence-corrected chi connectivity index (χ4v) is 2.51. The highest BCUT2D eigenvalue weighted by atomic mass is 15.3. The van der Waals surface area contributed by atoms with E-state index >= 15 is 0 Å². The van der Waals surface area contributed by atoms with Crippen LogP contribution in [0.4, 0.5) is 17.8 Å². The Morgan fingerprint density at radius 3 is 2.00 bits per heavy atom. The van der Waals surface area contributed by atoms with E-state index in [9.17, 15) is 0 Å². The molecule has 0 aliphatic carbocycles. The fraction of sp³-hybridized carbons (Fsp3) is 0.800. The number of hydrogen-bond acceptors (Lipinski definition) is 6. The van der Waals surface area contributed by atoms with Crippen molar-refractivity contribution >= 4 is 17.8 Å². The first-order chi connectivity index (χ1) is 10.1. The number of aromatic nitrogens is 3. The molecule has 0 saturated heterocycles. The second-order valence-electron chi connectivity index (χ2n) is 5.21. The Morgan fingerprint density at radius 2 is 1.52 bits per heavy atom. The normalized spacial score (nSPS) is 12.3. The van der Waals surface area contributed by atoms with Crippen LogP contribution in [0.3, 0.4) is 0 Å². The summed E-state index contributed by atoms with van der Waals surface area (Å²) in [5.74, 6) is 2.59. The van der Waals surface area contributed by atoms with Gasteiger partial charge >= 0.3 is 0 Å². The summed E-state index contributed by atoms with van der Waals surface area (Å²) in [5.41, 5.74) is 0. The van der Waals surface area contributed by atoms with Crippen molar-refractivity contribution in [3.05, 3.63) is 0 Å². The maximum Gasteiger partial charge on any atom is 0.231 e. The van der Waals surface area contributed by atoms with Gasteiger partial charge in [-0.1, -0.05) is 26.7 Å². The van der Waals surface area contributed by atoms with E-state index in [1.165, 1.54) is 0 Å². The Labute approximate surface area is 128 Å². The summed E-state index contributed by atoms with van der Waals surface area (Å²) in [5, 5.41) is 6.45. The standard InChI is InChI=1S/C15H30N6/c1-7-12(8-2)11(5)17-14-18-13(16-6)19-15(20-14)21(9-3)10-4/h11-12H,7-10H2,1-6H3,(H2,16,17,18,19,20). The van der Waals surface area contributed by atoms with Gasteiger partial charge in [-0.05, 0) is 26.7 Å². The van der Waals surface area contributed by atoms with Gasteiger partial charge in [-0.25, -0.2) is 0 Å². The number of hydrogen-bond donors (Lipinski definition) is 2. The van der Waals surface area contributed by atoms with Crippen molar-refractivity contribution in [1.29, 1.82) is 0 Å². The molecule has 0 spiro atoms. The average molecular weight is 294 g/mol. The van der Waals surface area contributed by atoms with Crippen LogP contribution in [0.1, 0.15) is 47.5 Å². The van der Waals surface area contributed by atoms with Gasteiger partial charge in [0, 0.05) is 26.2 Å². The van der Waals surface area contributed by atoms with Gasteiger partial charge in [0.1, 0.15) is 0 Å². The summed E-state index contributed by atoms with van der Waals surface area (Å²) in [4.78, 5) is 15.5. The molecule has 1 rings (SSSR count). The minimum Gasteiger partial charge on any atom is -0.357 e. The molecule has 1 aromatic heterocycles. The van der Waals surface area contributed by atoms with Gasteiger partial charge in [-0.3, -0.25) is 0 Å². The molecule has 1 atom stereocenters. The van der Waals surface area contributed by atoms with Gasteiger partial charge in [0.25, 0.3) is 0 Å². The van der Waals surface area contributed by atoms with Gasteiger partial charge in [-0.2, -0.15) is 15.0 Å². The first-order valence-corrected chi connectivity index (χ1v) is 8.04. The molecule has 0 saturated carbocycles. The lowest BCUT2D eigenvalue weighted by Gasteiger charge is -2.24. The van der Waals surface area contributed by atoms with Crippen LogP contribution in [0.15, 0.2) is 0 Å². The molecular weight excluding hydrogens is 264 g/mol. The topological polar surface area (TPSA) is 66.0 Å². The number of rotatable bonds is 9. The van der Waals surface area contributed by atoms with Crippen LogP contribution in [0, 0.1) is 5.92 Å². The van der Waals surface area contributed by atoms with E-state index in [1.807, 2.05) is 7.05 Å². The molecule has 0 amide bonds. The summed E-state index contributed by atoms with van der Waals surface area (Å²) in [6, 6.07) is 0.344. The zero-order chi connectivity index (χ0) is 15.8. The third-order valence-corrected chi connectivity index (χ3v) is 4.01. The van der Waals surface area contributed by atoms with E-state index < -0.39 is 0 Å². The summed E-state index contributed by atoms with van der Waals surface area (Å²) < 4.78 is 0. The lowest BCUT2D eigenvalue weighted by molar-refractivity contribution is 0.436. The number of anilines is 3. The number of nitrogens with zero attached hydrogens (tertiary/aromatic N) is 4. The molecule has 1 aromatic rings. The minimum absolute atomic E-state index is 0.344. The summed E-state index contributed by atoms with van der Waals surface area (Å²) in [6.07, 6.45) is 2.30. The summed E-state index contributed by atoms with van der Waals surface area (Å²) >= 11 is 0. The van der Waals surface area contributed by atoms with Gasteiger partial charge in [0.15, 0.2) is 0 Å². The predicted octanol–water partition coefficient (Wildman–Crippen LogP) is 3.00. The van der Waals surface area contributed by atoms with Crippen LogP contribution < -0.4 is 15.5 Å². The second-order valence-corrected chi connectivity index (χ2v) is 5.21. The van der Waals surface area contributed by atoms with Crippen molar-refractivity contribution in [3.63, 3.8) is 0 Å². The molecule has 1 unspecified atom stereocenters. The van der Waals surface area contributed by atoms with E-state index in [0.717, 1.165) is 31.9 Å². The van der Waals surface area contributed by atoms with E-state index in [1.54, 1.807) is 0 Å². The van der Waals surface area contributed by atoms with Crippen molar-refractivity contribution in [3.8, 4) is 0 Å². The quantitative estimate of drug-likeness (QED) is 0.730. The molecule has 6 nitrogen and oxygen atoms in total. The van der Waals surface area contributed by atoms with Crippen LogP contribution in [0.5, 0.6) is 0 Å². The van der Waals surface area contributed by atoms with Crippen LogP contribution in [0.2, 0.25) is 0 Å². The minimum atomic E-state index is 0.344. The maximum absolute atomic E-state index is 4.57. The zero-order valence-electron chi connectivity index (χ0n) is 14.3. The molecule has 0 aliphatic rings. The Balaban J connectivity index is 2.98. The fourth-order valence-electron chi connectivity index (χ4n) is 2.51. The SMILES string of the molecule is CCC(CC)C(C)Nc1nc(NC)nc(N(CC)CC)n1. The van der Waals surface area contributed by atoms with Crippen LogP contribution in [-0.4, -0.2) is 41.1 Å². The maximum atomic E-state index is 4.57. The zero-order valence-corrected chi connectivity index (χ0v) is 14.3. The van der Waals surface area contributed by atoms with Crippen molar-refractivity contribution in [2.45, 2.75) is 53.5 Å². The first-order valence-electron chi connectivity index (χ1n) is 8.04. The van der Waals surface area contributed by atoms with Crippen molar-refractivity contribution in [2.24, 2.45) is 5.92 Å². The predicted molar refractivity (Wildman–Crippen MR) is 90.1 cm³/mol. The Bertz CT molecular complexity index is 415. The first kappa shape index (κ1) is 17.5. The van der Waals surface area contributed by atoms with E-state index in [0.29, 0.717) is 23.9 Å². The lowest BCUT2D eigenvalue weighted by Crippen LogP contribution is -2.28. The molecule has 0 aromatic carbocycles. The molecule has 1 heterocycles. The Kier molecular flexibility index (Phi) is 7.19. The second kappa shape index (κ2) is 8.64. The highest BCUT2D eigenvalue weighted by molar-refractivity contribution is 5.43. The van der Waals surface area contributed by atoms with Crippen molar-refractivity contribution < 1.29 is 0 Å². The van der Waals surface area contributed by atoms with Crippen LogP contribution in [-0.2, 0) is 0 Å². The molecule has 0 aliphatic heterocycles. The summed E-state index contributed by atoms with van der Waals surface area (Å²) in [6.45, 7) is 12.6. The number of nitrogens with one attached hydrogen (secondary N) is 2. The van der Waals surface area contributed by atoms with Crippen molar-refractivity contribution in [2.75, 3.05) is 35.7 Å². The smallest absolute Gasteiger partial charge is 0.231 e. The molecule has 0 bridgehead atoms. The molecule has 0 radical (unpaired) electrons. The van der Waals surface area contributed by atoms with Crippen molar-refractivity contribution in [1.82, 2.24) is 15.0 Å². The molecule has 120 valence electrons. The van der Waals surface area contributed by atoms with E-state index in [-0.39, 0.29) is 0 Å². The highest BCUT2D eigenvalue weighted by Gasteiger charge is 2.16. The largest absolute Gasteiger partial charge is 0.357 e. The molecular formula is C15H30N6. The van der Waals surface area contributed by atoms with Crippen LogP contribution in [0.25, 0.3) is 0 Å². The van der Waals surface area contributed by atoms with Crippen LogP contribution >= 0.6 is 0 Å². The summed E-state index contributed by atoms with van der Waals surface area (Å²) in [7, 11) is 1.83. The van der Waals surface area contributed by atoms with Gasteiger partial charge in [0.05, 0.1) is 0 Å². The molecule has 2 N–H and O–H groups in total.